The van der Waals surface area contributed by atoms with Crippen LogP contribution in [0, 0.1) is 11.3 Å². The highest BCUT2D eigenvalue weighted by atomic mass is 28.3. The normalized spacial score (nSPS) is 15.0. The smallest absolute Gasteiger partial charge is 0.251 e. The molecule has 2 aromatic carbocycles. The average Bonchev–Trinajstić information content (AvgIpc) is 3.56. The molecule has 3 rings (SSSR count). The number of nitrogens with one attached hydrogen (secondary N) is 2. The van der Waals surface area contributed by atoms with Crippen molar-refractivity contribution in [3.63, 3.8) is 0 Å². The highest BCUT2D eigenvalue weighted by Gasteiger charge is 2.46. The van der Waals surface area contributed by atoms with Crippen LogP contribution in [0.4, 0.5) is 0 Å². The second-order valence-corrected chi connectivity index (χ2v) is 15.1. The Kier molecular flexibility index (Phi) is 7.13. The van der Waals surface area contributed by atoms with Gasteiger partial charge in [0, 0.05) is 13.6 Å². The molecule has 1 aliphatic rings. The molecule has 0 saturated heterocycles. The summed E-state index contributed by atoms with van der Waals surface area (Å²) in [4.78, 5) is 26.2. The molecule has 1 fully saturated rings. The molecular formula is C25H31N3O4Si. The molecule has 1 unspecified atom stereocenters. The van der Waals surface area contributed by atoms with Crippen LogP contribution in [0.5, 0.6) is 11.5 Å². The molecule has 0 spiro atoms. The van der Waals surface area contributed by atoms with Gasteiger partial charge in [0.2, 0.25) is 5.91 Å². The fourth-order valence-electron chi connectivity index (χ4n) is 3.73. The predicted octanol–water partition coefficient (Wildman–Crippen LogP) is 3.98. The van der Waals surface area contributed by atoms with Crippen LogP contribution in [0.15, 0.2) is 42.5 Å². The van der Waals surface area contributed by atoms with Gasteiger partial charge in [-0.3, -0.25) is 9.59 Å². The van der Waals surface area contributed by atoms with Crippen molar-refractivity contribution in [1.82, 2.24) is 10.6 Å². The van der Waals surface area contributed by atoms with Crippen LogP contribution >= 0.6 is 0 Å². The third kappa shape index (κ3) is 5.93. The molecule has 0 bridgehead atoms. The number of methoxy groups -OCH3 is 2. The molecule has 8 heteroatoms. The summed E-state index contributed by atoms with van der Waals surface area (Å²) in [6.07, 6.45) is 1.29. The molecule has 2 aromatic rings. The molecule has 1 aliphatic carbocycles. The minimum Gasteiger partial charge on any atom is -0.496 e. The standard InChI is InChI=1S/C25H31N3O4Si/c1-31-20-10-7-11-21(32-2)22(20)17-8-6-9-18(14-17)23(29)27-19(15-33(3,4)5)24(30)28-25(16-26)12-13-25/h6-11,14,19H,12-13,15H2,1-5H3,(H,27,29)(H,28,30). The molecular weight excluding hydrogens is 434 g/mol. The first kappa shape index (κ1) is 24.3. The Balaban J connectivity index is 1.87. The number of benzene rings is 2. The number of amides is 2. The van der Waals surface area contributed by atoms with E-state index in [1.165, 1.54) is 0 Å². The number of nitriles is 1. The highest BCUT2D eigenvalue weighted by Crippen LogP contribution is 2.38. The Hall–Kier alpha value is -3.31. The van der Waals surface area contributed by atoms with Gasteiger partial charge in [0.05, 0.1) is 25.9 Å². The molecule has 174 valence electrons. The van der Waals surface area contributed by atoms with E-state index >= 15 is 0 Å². The van der Waals surface area contributed by atoms with Crippen LogP contribution in [0.25, 0.3) is 11.1 Å². The zero-order valence-corrected chi connectivity index (χ0v) is 20.8. The van der Waals surface area contributed by atoms with Crippen molar-refractivity contribution in [1.29, 1.82) is 5.26 Å². The Morgan fingerprint density at radius 2 is 1.70 bits per heavy atom. The van der Waals surface area contributed by atoms with Gasteiger partial charge < -0.3 is 20.1 Å². The van der Waals surface area contributed by atoms with Crippen LogP contribution in [-0.4, -0.2) is 45.7 Å². The summed E-state index contributed by atoms with van der Waals surface area (Å²) in [5.41, 5.74) is 1.16. The van der Waals surface area contributed by atoms with Gasteiger partial charge in [-0.2, -0.15) is 5.26 Å². The predicted molar refractivity (Wildman–Crippen MR) is 130 cm³/mol. The minimum absolute atomic E-state index is 0.299. The summed E-state index contributed by atoms with van der Waals surface area (Å²) in [7, 11) is 1.48. The summed E-state index contributed by atoms with van der Waals surface area (Å²) >= 11 is 0. The molecule has 2 N–H and O–H groups in total. The Morgan fingerprint density at radius 1 is 1.09 bits per heavy atom. The molecule has 1 saturated carbocycles. The molecule has 0 radical (unpaired) electrons. The van der Waals surface area contributed by atoms with Crippen molar-refractivity contribution < 1.29 is 19.1 Å². The number of carbonyl (C=O) groups excluding carboxylic acids is 2. The second kappa shape index (κ2) is 9.67. The van der Waals surface area contributed by atoms with Gasteiger partial charge in [0.15, 0.2) is 0 Å². The Labute approximate surface area is 196 Å². The van der Waals surface area contributed by atoms with Gasteiger partial charge in [-0.25, -0.2) is 0 Å². The summed E-state index contributed by atoms with van der Waals surface area (Å²) < 4.78 is 11.0. The lowest BCUT2D eigenvalue weighted by molar-refractivity contribution is -0.123. The van der Waals surface area contributed by atoms with Crippen molar-refractivity contribution >= 4 is 19.9 Å². The first-order valence-electron chi connectivity index (χ1n) is 11.0. The number of carbonyl (C=O) groups is 2. The summed E-state index contributed by atoms with van der Waals surface area (Å²) in [5, 5.41) is 15.1. The van der Waals surface area contributed by atoms with Crippen molar-refractivity contribution in [2.45, 2.75) is 50.1 Å². The number of hydrogen-bond acceptors (Lipinski definition) is 5. The molecule has 1 atom stereocenters. The maximum absolute atomic E-state index is 13.2. The minimum atomic E-state index is -1.70. The Morgan fingerprint density at radius 3 is 2.21 bits per heavy atom. The highest BCUT2D eigenvalue weighted by molar-refractivity contribution is 6.76. The zero-order valence-electron chi connectivity index (χ0n) is 19.8. The van der Waals surface area contributed by atoms with E-state index in [4.69, 9.17) is 9.47 Å². The van der Waals surface area contributed by atoms with Gasteiger partial charge in [0.1, 0.15) is 23.1 Å². The summed E-state index contributed by atoms with van der Waals surface area (Å²) in [6, 6.07) is 14.7. The number of rotatable bonds is 9. The van der Waals surface area contributed by atoms with E-state index in [1.807, 2.05) is 24.3 Å². The van der Waals surface area contributed by atoms with Gasteiger partial charge in [0.25, 0.3) is 5.91 Å². The molecule has 2 amide bonds. The lowest BCUT2D eigenvalue weighted by atomic mass is 10.0. The first-order chi connectivity index (χ1) is 15.6. The van der Waals surface area contributed by atoms with Crippen LogP contribution in [0.1, 0.15) is 23.2 Å². The van der Waals surface area contributed by atoms with Crippen LogP contribution in [-0.2, 0) is 4.79 Å². The molecule has 0 aromatic heterocycles. The SMILES string of the molecule is COc1cccc(OC)c1-c1cccc(C(=O)NC(C[Si](C)(C)C)C(=O)NC2(C#N)CC2)c1. The second-order valence-electron chi connectivity index (χ2n) is 9.59. The van der Waals surface area contributed by atoms with Crippen molar-refractivity contribution in [3.8, 4) is 28.7 Å². The number of hydrogen-bond donors (Lipinski definition) is 2. The van der Waals surface area contributed by atoms with Crippen LogP contribution < -0.4 is 20.1 Å². The van der Waals surface area contributed by atoms with Crippen LogP contribution in [0.2, 0.25) is 25.7 Å². The molecule has 0 heterocycles. The van der Waals surface area contributed by atoms with Crippen molar-refractivity contribution in [2.24, 2.45) is 0 Å². The van der Waals surface area contributed by atoms with E-state index in [0.29, 0.717) is 35.9 Å². The van der Waals surface area contributed by atoms with Gasteiger partial charge >= 0.3 is 0 Å². The van der Waals surface area contributed by atoms with Gasteiger partial charge in [-0.15, -0.1) is 0 Å². The van der Waals surface area contributed by atoms with E-state index in [-0.39, 0.29) is 11.8 Å². The average molecular weight is 466 g/mol. The lowest BCUT2D eigenvalue weighted by Crippen LogP contribution is -2.52. The fraction of sp³-hybridized carbons (Fsp3) is 0.400. The van der Waals surface area contributed by atoms with Gasteiger partial charge in [-0.1, -0.05) is 37.8 Å². The van der Waals surface area contributed by atoms with Crippen molar-refractivity contribution in [2.75, 3.05) is 14.2 Å². The number of nitrogens with zero attached hydrogens (tertiary/aromatic N) is 1. The largest absolute Gasteiger partial charge is 0.496 e. The van der Waals surface area contributed by atoms with E-state index < -0.39 is 19.7 Å². The third-order valence-electron chi connectivity index (χ3n) is 5.61. The van der Waals surface area contributed by atoms with Gasteiger partial charge in [-0.05, 0) is 48.7 Å². The maximum Gasteiger partial charge on any atom is 0.251 e. The summed E-state index contributed by atoms with van der Waals surface area (Å²) in [5.74, 6) is 0.626. The number of ether oxygens (including phenoxy) is 2. The van der Waals surface area contributed by atoms with Crippen molar-refractivity contribution in [3.05, 3.63) is 48.0 Å². The monoisotopic (exact) mass is 465 g/mol. The van der Waals surface area contributed by atoms with E-state index in [2.05, 4.69) is 36.3 Å². The molecule has 0 aliphatic heterocycles. The molecule has 33 heavy (non-hydrogen) atoms. The first-order valence-corrected chi connectivity index (χ1v) is 14.7. The maximum atomic E-state index is 13.2. The third-order valence-corrected chi connectivity index (χ3v) is 7.24. The fourth-order valence-corrected chi connectivity index (χ4v) is 5.24. The van der Waals surface area contributed by atoms with E-state index in [9.17, 15) is 14.9 Å². The van der Waals surface area contributed by atoms with E-state index in [1.54, 1.807) is 32.4 Å². The van der Waals surface area contributed by atoms with E-state index in [0.717, 1.165) is 11.1 Å². The topological polar surface area (TPSA) is 100 Å². The lowest BCUT2D eigenvalue weighted by Gasteiger charge is -2.26. The molecule has 7 nitrogen and oxygen atoms in total. The zero-order chi connectivity index (χ0) is 24.2. The quantitative estimate of drug-likeness (QED) is 0.546. The Bertz CT molecular complexity index is 1060. The summed E-state index contributed by atoms with van der Waals surface area (Å²) in [6.45, 7) is 6.43. The van der Waals surface area contributed by atoms with Crippen LogP contribution in [0.3, 0.4) is 0 Å².